The number of guanidine groups is 1. The monoisotopic (exact) mass is 987 g/mol. The number of β-lactam (4-membered cyclic amide) rings is 1. The number of nitrogens with zero attached hydrogens (tertiary/aromatic N) is 6. The molecule has 3 aromatic rings. The van der Waals surface area contributed by atoms with Gasteiger partial charge in [-0.15, -0.1) is 11.8 Å². The molecule has 0 saturated carbocycles. The van der Waals surface area contributed by atoms with Gasteiger partial charge >= 0.3 is 18.2 Å². The van der Waals surface area contributed by atoms with E-state index < -0.39 is 57.0 Å². The number of esters is 1. The number of nitrogens with one attached hydrogen (secondary N) is 3. The minimum atomic E-state index is -0.997. The minimum Gasteiger partial charge on any atom is -0.456 e. The number of ether oxygens (including phenoxy) is 3. The van der Waals surface area contributed by atoms with Crippen LogP contribution in [0.15, 0.2) is 88.4 Å². The van der Waals surface area contributed by atoms with E-state index in [1.165, 1.54) is 96.4 Å². The van der Waals surface area contributed by atoms with Crippen LogP contribution >= 0.6 is 11.8 Å². The Bertz CT molecular complexity index is 2500. The number of likely N-dealkylation sites (tertiary alicyclic amines) is 1. The maximum atomic E-state index is 13.9. The molecule has 4 aliphatic heterocycles. The van der Waals surface area contributed by atoms with Gasteiger partial charge in [0.1, 0.15) is 25.5 Å². The number of aliphatic hydroxyl groups excluding tert-OH is 1. The highest BCUT2D eigenvalue weighted by Gasteiger charge is 2.60. The van der Waals surface area contributed by atoms with Crippen molar-refractivity contribution >= 4 is 64.8 Å². The normalized spacial score (nSPS) is 21.8. The van der Waals surface area contributed by atoms with Gasteiger partial charge in [-0.3, -0.25) is 55.6 Å². The standard InChI is InChI=1S/C45H49N9O15S/c1-25-37-36(26(2)55)41(57)51(37)38(42(58)67-22-28-3-9-31(10-4-28)52(61)62)39(25)70-34-19-35(47-20-34)40(56)50-18-16-27(21-50)15-17-46-43(48-44(59)68-23-29-5-11-32(12-6-29)53(63)64)49-45(60)69-24-30-7-13-33(14-8-30)54(65)66/h3-14,25-27,34-37,47,55H,15-24H2,1-2H3,(H2,46,48,49,59,60)/t25-,26-,27+,34+,35+,36-,37-/m1/s1. The number of fused-ring (bicyclic) bond motifs is 1. The summed E-state index contributed by atoms with van der Waals surface area (Å²) in [7, 11) is 0. The van der Waals surface area contributed by atoms with Gasteiger partial charge in [-0.2, -0.15) is 0 Å². The molecule has 7 rings (SSSR count). The number of rotatable bonds is 17. The molecule has 4 heterocycles. The molecule has 4 amide bonds. The van der Waals surface area contributed by atoms with Gasteiger partial charge in [0, 0.05) is 78.7 Å². The molecule has 0 unspecified atom stereocenters. The van der Waals surface area contributed by atoms with Crippen LogP contribution in [0, 0.1) is 48.1 Å². The van der Waals surface area contributed by atoms with E-state index in [2.05, 4.69) is 20.9 Å². The fraction of sp³-hybridized carbons (Fsp3) is 0.422. The van der Waals surface area contributed by atoms with Crippen molar-refractivity contribution < 1.29 is 58.1 Å². The second-order valence-electron chi connectivity index (χ2n) is 17.1. The lowest BCUT2D eigenvalue weighted by atomic mass is 9.79. The van der Waals surface area contributed by atoms with Crippen LogP contribution in [0.3, 0.4) is 0 Å². The van der Waals surface area contributed by atoms with Crippen molar-refractivity contribution in [2.24, 2.45) is 22.7 Å². The molecule has 3 aromatic carbocycles. The maximum Gasteiger partial charge on any atom is 0.414 e. The number of hydrogen-bond donors (Lipinski definition) is 4. The molecule has 4 aliphatic rings. The van der Waals surface area contributed by atoms with E-state index >= 15 is 0 Å². The zero-order valence-corrected chi connectivity index (χ0v) is 38.6. The Morgan fingerprint density at radius 1 is 0.829 bits per heavy atom. The first-order valence-electron chi connectivity index (χ1n) is 22.2. The van der Waals surface area contributed by atoms with Crippen molar-refractivity contribution in [1.29, 1.82) is 0 Å². The highest BCUT2D eigenvalue weighted by Crippen LogP contribution is 2.52. The van der Waals surface area contributed by atoms with Gasteiger partial charge in [0.05, 0.1) is 38.9 Å². The SMILES string of the molecule is C[C@@H](O)[C@H]1C(=O)N2C(C(=O)OCc3ccc([N+](=O)[O-])cc3)=C(S[C@@H]3CN[C@H](C(=O)N4CC[C@H](CCN=C(NC(=O)OCc5ccc([N+](=O)[O-])cc5)NC(=O)OCc5ccc([N+](=O)[O-])cc5)C4)C3)[C@H](C)[C@H]12. The number of aliphatic imine (C=N–C) groups is 1. The number of amides is 4. The average Bonchev–Trinajstić information content (AvgIpc) is 4.07. The van der Waals surface area contributed by atoms with Gasteiger partial charge in [0.15, 0.2) is 0 Å². The lowest BCUT2D eigenvalue weighted by molar-refractivity contribution is -0.385. The summed E-state index contributed by atoms with van der Waals surface area (Å²) in [6.45, 7) is 4.15. The zero-order chi connectivity index (χ0) is 50.2. The van der Waals surface area contributed by atoms with E-state index in [-0.39, 0.29) is 84.0 Å². The lowest BCUT2D eigenvalue weighted by Gasteiger charge is -2.46. The van der Waals surface area contributed by atoms with E-state index in [0.29, 0.717) is 60.5 Å². The number of aliphatic hydroxyl groups is 1. The van der Waals surface area contributed by atoms with Gasteiger partial charge in [-0.25, -0.2) is 14.4 Å². The van der Waals surface area contributed by atoms with Crippen molar-refractivity contribution in [3.63, 3.8) is 0 Å². The molecular formula is C45H49N9O15S. The summed E-state index contributed by atoms with van der Waals surface area (Å²) in [4.78, 5) is 106. The molecule has 0 aliphatic carbocycles. The Morgan fingerprint density at radius 3 is 1.81 bits per heavy atom. The molecule has 70 heavy (non-hydrogen) atoms. The Labute approximate surface area is 403 Å². The van der Waals surface area contributed by atoms with Crippen molar-refractivity contribution in [1.82, 2.24) is 25.8 Å². The lowest BCUT2D eigenvalue weighted by Crippen LogP contribution is -2.63. The minimum absolute atomic E-state index is 0.0108. The summed E-state index contributed by atoms with van der Waals surface area (Å²) in [5, 5.41) is 51.4. The van der Waals surface area contributed by atoms with Crippen LogP contribution < -0.4 is 16.0 Å². The van der Waals surface area contributed by atoms with E-state index in [0.717, 1.165) is 0 Å². The van der Waals surface area contributed by atoms with E-state index in [1.807, 2.05) is 6.92 Å². The molecule has 25 heteroatoms. The second-order valence-corrected chi connectivity index (χ2v) is 18.5. The van der Waals surface area contributed by atoms with Crippen molar-refractivity contribution in [2.45, 2.75) is 76.4 Å². The van der Waals surface area contributed by atoms with Crippen molar-refractivity contribution in [3.8, 4) is 0 Å². The van der Waals surface area contributed by atoms with Crippen LogP contribution in [-0.4, -0.2) is 115 Å². The fourth-order valence-corrected chi connectivity index (χ4v) is 10.2. The first-order valence-corrected chi connectivity index (χ1v) is 23.1. The summed E-state index contributed by atoms with van der Waals surface area (Å²) < 4.78 is 16.1. The number of thioether (sulfide) groups is 1. The van der Waals surface area contributed by atoms with Gasteiger partial charge in [0.2, 0.25) is 17.8 Å². The van der Waals surface area contributed by atoms with Crippen molar-refractivity contribution in [2.75, 3.05) is 26.2 Å². The van der Waals surface area contributed by atoms with Crippen LogP contribution in [0.1, 0.15) is 49.8 Å². The number of non-ortho nitro benzene ring substituents is 3. The molecule has 24 nitrogen and oxygen atoms in total. The number of carbonyl (C=O) groups is 5. The first-order chi connectivity index (χ1) is 33.5. The van der Waals surface area contributed by atoms with Crippen LogP contribution in [0.4, 0.5) is 26.7 Å². The number of hydrogen-bond acceptors (Lipinski definition) is 18. The van der Waals surface area contributed by atoms with E-state index in [4.69, 9.17) is 14.2 Å². The van der Waals surface area contributed by atoms with Gasteiger partial charge < -0.3 is 34.4 Å². The number of benzene rings is 3. The predicted octanol–water partition coefficient (Wildman–Crippen LogP) is 4.43. The van der Waals surface area contributed by atoms with Crippen LogP contribution in [0.2, 0.25) is 0 Å². The molecule has 3 saturated heterocycles. The van der Waals surface area contributed by atoms with Gasteiger partial charge in [-0.1, -0.05) is 6.92 Å². The molecule has 0 aromatic heterocycles. The summed E-state index contributed by atoms with van der Waals surface area (Å²) in [5.74, 6) is -2.53. The van der Waals surface area contributed by atoms with Crippen LogP contribution in [-0.2, 0) is 48.4 Å². The van der Waals surface area contributed by atoms with E-state index in [1.54, 1.807) is 4.90 Å². The molecular weight excluding hydrogens is 939 g/mol. The first kappa shape index (κ1) is 50.4. The Balaban J connectivity index is 0.932. The maximum absolute atomic E-state index is 13.9. The summed E-state index contributed by atoms with van der Waals surface area (Å²) in [6.07, 6.45) is -1.40. The van der Waals surface area contributed by atoms with Crippen LogP contribution in [0.25, 0.3) is 0 Å². The number of alkyl carbamates (subject to hydrolysis) is 2. The third kappa shape index (κ3) is 12.0. The largest absolute Gasteiger partial charge is 0.456 e. The summed E-state index contributed by atoms with van der Waals surface area (Å²) in [6, 6.07) is 15.3. The Kier molecular flexibility index (Phi) is 16.0. The smallest absolute Gasteiger partial charge is 0.414 e. The molecule has 0 spiro atoms. The molecule has 3 fully saturated rings. The quantitative estimate of drug-likeness (QED) is 0.0276. The van der Waals surface area contributed by atoms with Gasteiger partial charge in [0.25, 0.3) is 17.1 Å². The fourth-order valence-electron chi connectivity index (χ4n) is 8.71. The number of carbonyl (C=O) groups excluding carboxylic acids is 5. The van der Waals surface area contributed by atoms with Crippen molar-refractivity contribution in [3.05, 3.63) is 130 Å². The van der Waals surface area contributed by atoms with Gasteiger partial charge in [-0.05, 0) is 85.2 Å². The molecule has 0 radical (unpaired) electrons. The Morgan fingerprint density at radius 2 is 1.33 bits per heavy atom. The number of nitro benzene ring substituents is 3. The molecule has 4 N–H and O–H groups in total. The average molecular weight is 988 g/mol. The third-order valence-corrected chi connectivity index (χ3v) is 13.9. The topological polar surface area (TPSA) is 318 Å². The highest BCUT2D eigenvalue weighted by molar-refractivity contribution is 8.03. The van der Waals surface area contributed by atoms with Crippen LogP contribution in [0.5, 0.6) is 0 Å². The summed E-state index contributed by atoms with van der Waals surface area (Å²) >= 11 is 1.40. The second kappa shape index (κ2) is 22.3. The summed E-state index contributed by atoms with van der Waals surface area (Å²) in [5.41, 5.74) is 1.12. The molecule has 0 bridgehead atoms. The van der Waals surface area contributed by atoms with E-state index in [9.17, 15) is 59.4 Å². The Hall–Kier alpha value is -7.51. The molecule has 7 atom stereocenters. The highest BCUT2D eigenvalue weighted by atomic mass is 32.2. The molecule has 370 valence electrons. The zero-order valence-electron chi connectivity index (χ0n) is 37.8. The predicted molar refractivity (Wildman–Crippen MR) is 247 cm³/mol. The number of nitro groups is 3. The third-order valence-electron chi connectivity index (χ3n) is 12.4.